The number of rotatable bonds is 3. The quantitative estimate of drug-likeness (QED) is 0.455. The van der Waals surface area contributed by atoms with Crippen LogP contribution in [0.25, 0.3) is 0 Å². The minimum Gasteiger partial charge on any atom is -0.376 e. The monoisotopic (exact) mass is 309 g/mol. The maximum atomic E-state index is 12.5. The largest absolute Gasteiger partial charge is 0.376 e. The summed E-state index contributed by atoms with van der Waals surface area (Å²) in [7, 11) is 0. The highest BCUT2D eigenvalue weighted by Gasteiger charge is 2.34. The van der Waals surface area contributed by atoms with Crippen LogP contribution in [0.15, 0.2) is 23.1 Å². The topological polar surface area (TPSA) is 29.5 Å². The molecule has 3 rings (SSSR count). The van der Waals surface area contributed by atoms with Gasteiger partial charge in [-0.15, -0.1) is 0 Å². The van der Waals surface area contributed by atoms with Crippen molar-refractivity contribution in [2.75, 3.05) is 13.2 Å². The lowest BCUT2D eigenvalue weighted by atomic mass is 9.94. The van der Waals surface area contributed by atoms with Gasteiger partial charge in [-0.25, -0.2) is 0 Å². The summed E-state index contributed by atoms with van der Waals surface area (Å²) in [5.41, 5.74) is 0. The van der Waals surface area contributed by atoms with Crippen LogP contribution in [0.1, 0.15) is 32.1 Å². The Hall–Kier alpha value is -0.650. The van der Waals surface area contributed by atoms with Crippen LogP contribution in [0.2, 0.25) is 0 Å². The van der Waals surface area contributed by atoms with Gasteiger partial charge in [-0.2, -0.15) is 0 Å². The molecule has 2 fully saturated rings. The van der Waals surface area contributed by atoms with Gasteiger partial charge in [-0.1, -0.05) is 42.2 Å². The first kappa shape index (κ1) is 14.3. The number of thiocarbonyl (C=S) groups is 1. The van der Waals surface area contributed by atoms with Gasteiger partial charge in [0.1, 0.15) is 4.32 Å². The number of amides is 1. The van der Waals surface area contributed by atoms with Gasteiger partial charge in [-0.3, -0.25) is 9.69 Å². The van der Waals surface area contributed by atoms with Crippen molar-refractivity contribution in [1.29, 1.82) is 0 Å². The normalized spacial score (nSPS) is 32.6. The molecule has 0 aromatic heterocycles. The van der Waals surface area contributed by atoms with Crippen molar-refractivity contribution in [3.8, 4) is 0 Å². The molecule has 1 aliphatic carbocycles. The van der Waals surface area contributed by atoms with Gasteiger partial charge < -0.3 is 4.74 Å². The second kappa shape index (κ2) is 6.41. The fourth-order valence-electron chi connectivity index (χ4n) is 2.85. The average molecular weight is 309 g/mol. The first-order valence-corrected chi connectivity index (χ1v) is 8.48. The van der Waals surface area contributed by atoms with Crippen LogP contribution < -0.4 is 0 Å². The molecule has 3 nitrogen and oxygen atoms in total. The van der Waals surface area contributed by atoms with Gasteiger partial charge in [0.2, 0.25) is 0 Å². The van der Waals surface area contributed by atoms with Crippen LogP contribution in [-0.4, -0.2) is 34.4 Å². The number of carbonyl (C=O) groups excluding carboxylic acids is 1. The van der Waals surface area contributed by atoms with Crippen molar-refractivity contribution < 1.29 is 9.53 Å². The maximum Gasteiger partial charge on any atom is 0.265 e. The van der Waals surface area contributed by atoms with Crippen LogP contribution in [0.3, 0.4) is 0 Å². The molecule has 0 N–H and O–H groups in total. The molecular weight excluding hydrogens is 290 g/mol. The highest BCUT2D eigenvalue weighted by atomic mass is 32.2. The van der Waals surface area contributed by atoms with Gasteiger partial charge in [0.25, 0.3) is 5.91 Å². The first-order chi connectivity index (χ1) is 9.74. The molecule has 2 heterocycles. The van der Waals surface area contributed by atoms with Crippen molar-refractivity contribution in [2.45, 2.75) is 38.2 Å². The van der Waals surface area contributed by atoms with Gasteiger partial charge in [0, 0.05) is 6.61 Å². The van der Waals surface area contributed by atoms with E-state index in [4.69, 9.17) is 17.0 Å². The van der Waals surface area contributed by atoms with E-state index in [-0.39, 0.29) is 12.0 Å². The SMILES string of the molecule is O=C1/C(=C/[C@@H]2CC=CCC2)SC(=S)N1C[C@@H]1CCCO1. The molecular formula is C15H19NO2S2. The van der Waals surface area contributed by atoms with E-state index in [9.17, 15) is 4.79 Å². The Labute approximate surface area is 129 Å². The van der Waals surface area contributed by atoms with Crippen LogP contribution in [-0.2, 0) is 9.53 Å². The van der Waals surface area contributed by atoms with Crippen molar-refractivity contribution in [2.24, 2.45) is 5.92 Å². The van der Waals surface area contributed by atoms with Crippen molar-refractivity contribution in [3.05, 3.63) is 23.1 Å². The van der Waals surface area contributed by atoms with E-state index in [1.54, 1.807) is 4.90 Å². The molecule has 0 spiro atoms. The maximum absolute atomic E-state index is 12.5. The van der Waals surface area contributed by atoms with E-state index in [2.05, 4.69) is 18.2 Å². The number of hydrogen-bond donors (Lipinski definition) is 0. The molecule has 0 aromatic rings. The van der Waals surface area contributed by atoms with Crippen molar-refractivity contribution in [3.63, 3.8) is 0 Å². The minimum atomic E-state index is 0.0741. The molecule has 0 saturated carbocycles. The predicted molar refractivity (Wildman–Crippen MR) is 85.4 cm³/mol. The van der Waals surface area contributed by atoms with E-state index in [0.717, 1.165) is 43.6 Å². The zero-order valence-corrected chi connectivity index (χ0v) is 13.0. The van der Waals surface area contributed by atoms with E-state index in [1.165, 1.54) is 11.8 Å². The number of hydrogen-bond acceptors (Lipinski definition) is 4. The average Bonchev–Trinajstić information content (AvgIpc) is 3.05. The molecule has 2 atom stereocenters. The number of nitrogens with zero attached hydrogens (tertiary/aromatic N) is 1. The molecule has 3 aliphatic rings. The fraction of sp³-hybridized carbons (Fsp3) is 0.600. The third kappa shape index (κ3) is 3.15. The lowest BCUT2D eigenvalue weighted by Crippen LogP contribution is -2.35. The minimum absolute atomic E-state index is 0.0741. The van der Waals surface area contributed by atoms with Gasteiger partial charge >= 0.3 is 0 Å². The van der Waals surface area contributed by atoms with Gasteiger partial charge in [0.05, 0.1) is 17.6 Å². The molecule has 5 heteroatoms. The summed E-state index contributed by atoms with van der Waals surface area (Å²) in [5, 5.41) is 0. The lowest BCUT2D eigenvalue weighted by Gasteiger charge is -2.18. The number of carbonyl (C=O) groups is 1. The summed E-state index contributed by atoms with van der Waals surface area (Å²) in [6, 6.07) is 0. The Morgan fingerprint density at radius 3 is 3.05 bits per heavy atom. The van der Waals surface area contributed by atoms with E-state index in [1.807, 2.05) is 0 Å². The first-order valence-electron chi connectivity index (χ1n) is 7.26. The summed E-state index contributed by atoms with van der Waals surface area (Å²) >= 11 is 6.80. The second-order valence-electron chi connectivity index (χ2n) is 5.49. The Morgan fingerprint density at radius 1 is 1.45 bits per heavy atom. The number of thioether (sulfide) groups is 1. The highest BCUT2D eigenvalue weighted by Crippen LogP contribution is 2.34. The standard InChI is InChI=1S/C15H19NO2S2/c17-14-13(9-11-5-2-1-3-6-11)20-15(19)16(14)10-12-7-4-8-18-12/h1-2,9,11-12H,3-8,10H2/b13-9-/t11-,12+/m1/s1. The van der Waals surface area contributed by atoms with E-state index in [0.29, 0.717) is 16.8 Å². The highest BCUT2D eigenvalue weighted by molar-refractivity contribution is 8.26. The Kier molecular flexibility index (Phi) is 4.58. The Balaban J connectivity index is 1.66. The van der Waals surface area contributed by atoms with Crippen molar-refractivity contribution >= 4 is 34.2 Å². The Morgan fingerprint density at radius 2 is 2.35 bits per heavy atom. The molecule has 108 valence electrons. The molecule has 20 heavy (non-hydrogen) atoms. The fourth-order valence-corrected chi connectivity index (χ4v) is 4.19. The lowest BCUT2D eigenvalue weighted by molar-refractivity contribution is -0.123. The zero-order chi connectivity index (χ0) is 13.9. The van der Waals surface area contributed by atoms with Crippen molar-refractivity contribution in [1.82, 2.24) is 4.90 Å². The smallest absolute Gasteiger partial charge is 0.265 e. The molecule has 0 aromatic carbocycles. The molecule has 0 bridgehead atoms. The van der Waals surface area contributed by atoms with Gasteiger partial charge in [-0.05, 0) is 38.0 Å². The number of ether oxygens (including phenoxy) is 1. The summed E-state index contributed by atoms with van der Waals surface area (Å²) in [5.74, 6) is 0.557. The summed E-state index contributed by atoms with van der Waals surface area (Å²) in [4.78, 5) is 15.0. The predicted octanol–water partition coefficient (Wildman–Crippen LogP) is 3.27. The molecule has 0 radical (unpaired) electrons. The van der Waals surface area contributed by atoms with Crippen LogP contribution in [0.5, 0.6) is 0 Å². The summed E-state index contributed by atoms with van der Waals surface area (Å²) in [6.07, 6.45) is 12.1. The van der Waals surface area contributed by atoms with Gasteiger partial charge in [0.15, 0.2) is 0 Å². The summed E-state index contributed by atoms with van der Waals surface area (Å²) in [6.45, 7) is 1.43. The molecule has 1 amide bonds. The molecule has 0 unspecified atom stereocenters. The third-order valence-electron chi connectivity index (χ3n) is 3.98. The van der Waals surface area contributed by atoms with E-state index >= 15 is 0 Å². The Bertz CT molecular complexity index is 466. The third-order valence-corrected chi connectivity index (χ3v) is 5.38. The van der Waals surface area contributed by atoms with E-state index < -0.39 is 0 Å². The van der Waals surface area contributed by atoms with Crippen LogP contribution in [0.4, 0.5) is 0 Å². The summed E-state index contributed by atoms with van der Waals surface area (Å²) < 4.78 is 6.29. The van der Waals surface area contributed by atoms with Crippen LogP contribution in [0, 0.1) is 5.92 Å². The molecule has 2 aliphatic heterocycles. The molecule has 2 saturated heterocycles. The second-order valence-corrected chi connectivity index (χ2v) is 7.17. The number of allylic oxidation sites excluding steroid dienone is 3. The zero-order valence-electron chi connectivity index (χ0n) is 11.4. The van der Waals surface area contributed by atoms with Crippen LogP contribution >= 0.6 is 24.0 Å².